The van der Waals surface area contributed by atoms with E-state index in [9.17, 15) is 5.11 Å². The molecule has 1 N–H and O–H groups in total. The lowest BCUT2D eigenvalue weighted by Crippen LogP contribution is -1.74. The van der Waals surface area contributed by atoms with Crippen molar-refractivity contribution >= 4 is 44.0 Å². The van der Waals surface area contributed by atoms with Crippen LogP contribution in [-0.4, -0.2) is 5.11 Å². The van der Waals surface area contributed by atoms with Gasteiger partial charge in [-0.05, 0) is 41.6 Å². The molecule has 0 fully saturated rings. The van der Waals surface area contributed by atoms with Gasteiger partial charge in [-0.15, -0.1) is 11.3 Å². The van der Waals surface area contributed by atoms with Crippen LogP contribution in [0.4, 0.5) is 0 Å². The minimum atomic E-state index is 0.390. The molecular formula is C9H7IOS. The van der Waals surface area contributed by atoms with Crippen molar-refractivity contribution < 1.29 is 5.11 Å². The molecule has 3 heteroatoms. The molecule has 0 saturated carbocycles. The second-order valence-electron chi connectivity index (χ2n) is 2.67. The normalized spacial score (nSPS) is 10.8. The maximum absolute atomic E-state index is 9.43. The third-order valence-corrected chi connectivity index (χ3v) is 4.35. The Kier molecular flexibility index (Phi) is 2.00. The zero-order valence-electron chi connectivity index (χ0n) is 6.47. The number of rotatable bonds is 0. The van der Waals surface area contributed by atoms with Gasteiger partial charge in [0.1, 0.15) is 5.75 Å². The van der Waals surface area contributed by atoms with Crippen molar-refractivity contribution in [2.45, 2.75) is 6.92 Å². The van der Waals surface area contributed by atoms with Crippen molar-refractivity contribution in [3.8, 4) is 5.75 Å². The third-order valence-electron chi connectivity index (χ3n) is 1.91. The van der Waals surface area contributed by atoms with E-state index < -0.39 is 0 Å². The molecule has 0 saturated heterocycles. The molecule has 1 aromatic heterocycles. The molecule has 1 nitrogen and oxygen atoms in total. The SMILES string of the molecule is Cc1c(O)ccc2c(I)csc12. The monoisotopic (exact) mass is 290 g/mol. The van der Waals surface area contributed by atoms with Crippen molar-refractivity contribution in [2.75, 3.05) is 0 Å². The summed E-state index contributed by atoms with van der Waals surface area (Å²) in [5, 5.41) is 12.8. The van der Waals surface area contributed by atoms with Gasteiger partial charge in [-0.1, -0.05) is 0 Å². The maximum Gasteiger partial charge on any atom is 0.119 e. The number of hydrogen-bond donors (Lipinski definition) is 1. The number of phenols is 1. The highest BCUT2D eigenvalue weighted by atomic mass is 127. The number of aromatic hydroxyl groups is 1. The van der Waals surface area contributed by atoms with E-state index in [-0.39, 0.29) is 0 Å². The van der Waals surface area contributed by atoms with Gasteiger partial charge in [-0.3, -0.25) is 0 Å². The van der Waals surface area contributed by atoms with Crippen molar-refractivity contribution in [1.29, 1.82) is 0 Å². The highest BCUT2D eigenvalue weighted by Crippen LogP contribution is 2.33. The molecule has 2 aromatic rings. The molecule has 2 rings (SSSR count). The Labute approximate surface area is 88.2 Å². The first kappa shape index (κ1) is 8.31. The van der Waals surface area contributed by atoms with Crippen LogP contribution in [-0.2, 0) is 0 Å². The van der Waals surface area contributed by atoms with Gasteiger partial charge < -0.3 is 5.11 Å². The summed E-state index contributed by atoms with van der Waals surface area (Å²) < 4.78 is 2.45. The van der Waals surface area contributed by atoms with Crippen LogP contribution >= 0.6 is 33.9 Å². The van der Waals surface area contributed by atoms with Gasteiger partial charge in [0, 0.05) is 24.6 Å². The largest absolute Gasteiger partial charge is 0.508 e. The first-order chi connectivity index (χ1) is 5.70. The zero-order valence-corrected chi connectivity index (χ0v) is 9.44. The molecule has 12 heavy (non-hydrogen) atoms. The average Bonchev–Trinajstić information content (AvgIpc) is 2.41. The number of aryl methyl sites for hydroxylation is 1. The lowest BCUT2D eigenvalue weighted by molar-refractivity contribution is 0.472. The van der Waals surface area contributed by atoms with Gasteiger partial charge in [-0.25, -0.2) is 0 Å². The van der Waals surface area contributed by atoms with E-state index in [1.807, 2.05) is 13.0 Å². The van der Waals surface area contributed by atoms with Gasteiger partial charge in [0.25, 0.3) is 0 Å². The van der Waals surface area contributed by atoms with E-state index in [2.05, 4.69) is 28.0 Å². The molecule has 0 unspecified atom stereocenters. The van der Waals surface area contributed by atoms with Crippen molar-refractivity contribution in [3.05, 3.63) is 26.6 Å². The fourth-order valence-corrected chi connectivity index (χ4v) is 3.14. The van der Waals surface area contributed by atoms with Crippen LogP contribution in [0.25, 0.3) is 10.1 Å². The standard InChI is InChI=1S/C9H7IOS/c1-5-8(11)3-2-6-7(10)4-12-9(5)6/h2-4,11H,1H3. The van der Waals surface area contributed by atoms with Crippen LogP contribution in [0.15, 0.2) is 17.5 Å². The summed E-state index contributed by atoms with van der Waals surface area (Å²) in [6.45, 7) is 1.95. The molecule has 0 radical (unpaired) electrons. The van der Waals surface area contributed by atoms with Gasteiger partial charge in [0.15, 0.2) is 0 Å². The van der Waals surface area contributed by atoms with E-state index in [1.165, 1.54) is 13.7 Å². The fraction of sp³-hybridized carbons (Fsp3) is 0.111. The van der Waals surface area contributed by atoms with E-state index in [1.54, 1.807) is 17.4 Å². The van der Waals surface area contributed by atoms with E-state index >= 15 is 0 Å². The first-order valence-electron chi connectivity index (χ1n) is 3.55. The van der Waals surface area contributed by atoms with Crippen LogP contribution in [0.1, 0.15) is 5.56 Å². The van der Waals surface area contributed by atoms with E-state index in [0.717, 1.165) is 5.56 Å². The Balaban J connectivity index is 2.93. The summed E-state index contributed by atoms with van der Waals surface area (Å²) in [5.41, 5.74) is 0.986. The van der Waals surface area contributed by atoms with Crippen LogP contribution < -0.4 is 0 Å². The van der Waals surface area contributed by atoms with Crippen molar-refractivity contribution in [3.63, 3.8) is 0 Å². The molecule has 0 aliphatic rings. The minimum Gasteiger partial charge on any atom is -0.508 e. The van der Waals surface area contributed by atoms with Crippen LogP contribution in [0.5, 0.6) is 5.75 Å². The molecule has 62 valence electrons. The summed E-state index contributed by atoms with van der Waals surface area (Å²) in [6, 6.07) is 3.72. The molecule has 1 aromatic carbocycles. The molecule has 0 atom stereocenters. The lowest BCUT2D eigenvalue weighted by Gasteiger charge is -1.98. The molecule has 0 bridgehead atoms. The van der Waals surface area contributed by atoms with Gasteiger partial charge in [0.05, 0.1) is 0 Å². The Hall–Kier alpha value is -0.290. The first-order valence-corrected chi connectivity index (χ1v) is 5.51. The van der Waals surface area contributed by atoms with Crippen molar-refractivity contribution in [2.24, 2.45) is 0 Å². The fourth-order valence-electron chi connectivity index (χ4n) is 1.20. The second kappa shape index (κ2) is 2.88. The van der Waals surface area contributed by atoms with Gasteiger partial charge >= 0.3 is 0 Å². The summed E-state index contributed by atoms with van der Waals surface area (Å²) >= 11 is 4.00. The Morgan fingerprint density at radius 2 is 2.17 bits per heavy atom. The quantitative estimate of drug-likeness (QED) is 0.736. The Morgan fingerprint density at radius 3 is 2.92 bits per heavy atom. The highest BCUT2D eigenvalue weighted by Gasteiger charge is 2.06. The summed E-state index contributed by atoms with van der Waals surface area (Å²) in [4.78, 5) is 0. The predicted octanol–water partition coefficient (Wildman–Crippen LogP) is 3.52. The molecule has 0 amide bonds. The smallest absolute Gasteiger partial charge is 0.119 e. The number of phenolic OH excluding ortho intramolecular Hbond substituents is 1. The lowest BCUT2D eigenvalue weighted by atomic mass is 10.2. The van der Waals surface area contributed by atoms with Gasteiger partial charge in [-0.2, -0.15) is 0 Å². The molecule has 0 aliphatic heterocycles. The number of halogens is 1. The van der Waals surface area contributed by atoms with E-state index in [0.29, 0.717) is 5.75 Å². The van der Waals surface area contributed by atoms with Crippen molar-refractivity contribution in [1.82, 2.24) is 0 Å². The summed E-state index contributed by atoms with van der Waals surface area (Å²) in [5.74, 6) is 0.390. The highest BCUT2D eigenvalue weighted by molar-refractivity contribution is 14.1. The van der Waals surface area contributed by atoms with Crippen LogP contribution in [0.2, 0.25) is 0 Å². The summed E-state index contributed by atoms with van der Waals surface area (Å²) in [6.07, 6.45) is 0. The van der Waals surface area contributed by atoms with E-state index in [4.69, 9.17) is 0 Å². The molecule has 0 spiro atoms. The minimum absolute atomic E-state index is 0.390. The number of thiophene rings is 1. The number of fused-ring (bicyclic) bond motifs is 1. The molecule has 1 heterocycles. The average molecular weight is 290 g/mol. The maximum atomic E-state index is 9.43. The summed E-state index contributed by atoms with van der Waals surface area (Å²) in [7, 11) is 0. The second-order valence-corrected chi connectivity index (χ2v) is 4.71. The number of benzene rings is 1. The van der Waals surface area contributed by atoms with Crippen LogP contribution in [0.3, 0.4) is 0 Å². The van der Waals surface area contributed by atoms with Crippen LogP contribution in [0, 0.1) is 10.5 Å². The predicted molar refractivity (Wildman–Crippen MR) is 60.9 cm³/mol. The molecular weight excluding hydrogens is 283 g/mol. The third kappa shape index (κ3) is 1.11. The zero-order chi connectivity index (χ0) is 8.72. The molecule has 0 aliphatic carbocycles. The van der Waals surface area contributed by atoms with Gasteiger partial charge in [0.2, 0.25) is 0 Å². The topological polar surface area (TPSA) is 20.2 Å². The Morgan fingerprint density at radius 1 is 1.42 bits per heavy atom. The Bertz CT molecular complexity index is 433. The number of hydrogen-bond acceptors (Lipinski definition) is 2.